The number of rotatable bonds is 6. The van der Waals surface area contributed by atoms with Crippen molar-refractivity contribution >= 4 is 10.0 Å². The van der Waals surface area contributed by atoms with Gasteiger partial charge in [-0.3, -0.25) is 0 Å². The summed E-state index contributed by atoms with van der Waals surface area (Å²) in [7, 11) is -3.73. The lowest BCUT2D eigenvalue weighted by Gasteiger charge is -2.37. The smallest absolute Gasteiger partial charge is 0.243 e. The third-order valence-electron chi connectivity index (χ3n) is 4.39. The Kier molecular flexibility index (Phi) is 4.82. The van der Waals surface area contributed by atoms with Crippen molar-refractivity contribution in [1.29, 1.82) is 0 Å². The maximum Gasteiger partial charge on any atom is 0.243 e. The van der Waals surface area contributed by atoms with Crippen LogP contribution in [0.1, 0.15) is 11.7 Å². The number of sulfonamides is 1. The van der Waals surface area contributed by atoms with Crippen LogP contribution in [-0.4, -0.2) is 40.8 Å². The second-order valence-electron chi connectivity index (χ2n) is 6.37. The standard InChI is InChI=1S/C18H16F2N4O3S/c19-13-4-6-17(7-5-13)27-12-15-9-24(22-21-15)16-10-23(11-16)28(25,26)18-3-1-2-14(20)8-18/h1-9,16H,10-12H2. The van der Waals surface area contributed by atoms with Crippen LogP contribution in [-0.2, 0) is 16.6 Å². The minimum atomic E-state index is -3.73. The molecule has 1 aromatic heterocycles. The van der Waals surface area contributed by atoms with E-state index < -0.39 is 15.8 Å². The highest BCUT2D eigenvalue weighted by Crippen LogP contribution is 2.28. The van der Waals surface area contributed by atoms with Gasteiger partial charge in [-0.25, -0.2) is 21.9 Å². The van der Waals surface area contributed by atoms with Crippen LogP contribution in [0, 0.1) is 11.6 Å². The Labute approximate surface area is 160 Å². The van der Waals surface area contributed by atoms with E-state index in [-0.39, 0.29) is 36.5 Å². The number of nitrogens with zero attached hydrogens (tertiary/aromatic N) is 4. The number of aromatic nitrogens is 3. The summed E-state index contributed by atoms with van der Waals surface area (Å²) in [6.45, 7) is 0.602. The van der Waals surface area contributed by atoms with Crippen molar-refractivity contribution in [2.24, 2.45) is 0 Å². The van der Waals surface area contributed by atoms with E-state index in [4.69, 9.17) is 4.74 Å². The van der Waals surface area contributed by atoms with E-state index in [1.165, 1.54) is 46.8 Å². The summed E-state index contributed by atoms with van der Waals surface area (Å²) in [5.41, 5.74) is 0.566. The van der Waals surface area contributed by atoms with E-state index in [0.29, 0.717) is 11.4 Å². The van der Waals surface area contributed by atoms with E-state index in [9.17, 15) is 17.2 Å². The molecule has 0 aliphatic carbocycles. The molecule has 3 aromatic rings. The van der Waals surface area contributed by atoms with Gasteiger partial charge in [-0.1, -0.05) is 11.3 Å². The predicted octanol–water partition coefficient (Wildman–Crippen LogP) is 2.38. The molecule has 28 heavy (non-hydrogen) atoms. The van der Waals surface area contributed by atoms with Gasteiger partial charge in [-0.2, -0.15) is 4.31 Å². The van der Waals surface area contributed by atoms with Gasteiger partial charge in [-0.15, -0.1) is 5.10 Å². The first kappa shape index (κ1) is 18.5. The molecule has 0 bridgehead atoms. The average molecular weight is 406 g/mol. The van der Waals surface area contributed by atoms with Crippen LogP contribution in [0.5, 0.6) is 5.75 Å². The molecule has 1 fully saturated rings. The average Bonchev–Trinajstić information content (AvgIpc) is 3.08. The predicted molar refractivity (Wildman–Crippen MR) is 94.9 cm³/mol. The van der Waals surface area contributed by atoms with E-state index in [1.54, 1.807) is 10.9 Å². The SMILES string of the molecule is O=S(=O)(c1cccc(F)c1)N1CC(n2cc(COc3ccc(F)cc3)nn2)C1. The number of benzene rings is 2. The van der Waals surface area contributed by atoms with Crippen molar-refractivity contribution in [3.8, 4) is 5.75 Å². The molecule has 4 rings (SSSR count). The highest BCUT2D eigenvalue weighted by molar-refractivity contribution is 7.89. The highest BCUT2D eigenvalue weighted by atomic mass is 32.2. The van der Waals surface area contributed by atoms with Gasteiger partial charge in [0.15, 0.2) is 0 Å². The Balaban J connectivity index is 1.35. The van der Waals surface area contributed by atoms with Gasteiger partial charge in [0.1, 0.15) is 29.7 Å². The first-order valence-corrected chi connectivity index (χ1v) is 9.90. The summed E-state index contributed by atoms with van der Waals surface area (Å²) in [5.74, 6) is -0.437. The van der Waals surface area contributed by atoms with Gasteiger partial charge in [0.25, 0.3) is 0 Å². The van der Waals surface area contributed by atoms with Crippen molar-refractivity contribution in [2.75, 3.05) is 13.1 Å². The molecule has 1 aliphatic rings. The van der Waals surface area contributed by atoms with Crippen molar-refractivity contribution < 1.29 is 21.9 Å². The summed E-state index contributed by atoms with van der Waals surface area (Å²) >= 11 is 0. The lowest BCUT2D eigenvalue weighted by molar-refractivity contribution is 0.188. The lowest BCUT2D eigenvalue weighted by atomic mass is 10.2. The van der Waals surface area contributed by atoms with Gasteiger partial charge < -0.3 is 4.74 Å². The highest BCUT2D eigenvalue weighted by Gasteiger charge is 2.38. The molecule has 10 heteroatoms. The lowest BCUT2D eigenvalue weighted by Crippen LogP contribution is -2.50. The van der Waals surface area contributed by atoms with E-state index in [0.717, 1.165) is 6.07 Å². The molecule has 0 saturated carbocycles. The van der Waals surface area contributed by atoms with Crippen LogP contribution in [0.15, 0.2) is 59.6 Å². The number of halogens is 2. The maximum absolute atomic E-state index is 13.3. The Hall–Kier alpha value is -2.85. The molecule has 146 valence electrons. The molecule has 0 N–H and O–H groups in total. The third kappa shape index (κ3) is 3.73. The van der Waals surface area contributed by atoms with Crippen molar-refractivity contribution in [1.82, 2.24) is 19.3 Å². The zero-order valence-corrected chi connectivity index (χ0v) is 15.4. The molecule has 2 aromatic carbocycles. The van der Waals surface area contributed by atoms with Crippen LogP contribution in [0.2, 0.25) is 0 Å². The molecule has 2 heterocycles. The Morgan fingerprint density at radius 1 is 1.07 bits per heavy atom. The van der Waals surface area contributed by atoms with E-state index in [1.807, 2.05) is 0 Å². The van der Waals surface area contributed by atoms with Crippen molar-refractivity contribution in [2.45, 2.75) is 17.5 Å². The zero-order valence-electron chi connectivity index (χ0n) is 14.6. The topological polar surface area (TPSA) is 77.3 Å². The second-order valence-corrected chi connectivity index (χ2v) is 8.30. The fraction of sp³-hybridized carbons (Fsp3) is 0.222. The van der Waals surface area contributed by atoms with Gasteiger partial charge in [-0.05, 0) is 42.5 Å². The second kappa shape index (κ2) is 7.28. The molecular weight excluding hydrogens is 390 g/mol. The summed E-state index contributed by atoms with van der Waals surface area (Å²) in [6.07, 6.45) is 1.68. The Morgan fingerprint density at radius 3 is 2.54 bits per heavy atom. The Morgan fingerprint density at radius 2 is 1.82 bits per heavy atom. The summed E-state index contributed by atoms with van der Waals surface area (Å²) in [5, 5.41) is 8.02. The summed E-state index contributed by atoms with van der Waals surface area (Å²) in [6, 6.07) is 10.4. The van der Waals surface area contributed by atoms with E-state index in [2.05, 4.69) is 10.3 Å². The quantitative estimate of drug-likeness (QED) is 0.628. The summed E-state index contributed by atoms with van der Waals surface area (Å²) in [4.78, 5) is -0.0714. The molecule has 1 saturated heterocycles. The molecule has 0 spiro atoms. The molecule has 0 radical (unpaired) electrons. The van der Waals surface area contributed by atoms with E-state index >= 15 is 0 Å². The first-order valence-electron chi connectivity index (χ1n) is 8.46. The fourth-order valence-corrected chi connectivity index (χ4v) is 4.35. The van der Waals surface area contributed by atoms with Crippen LogP contribution >= 0.6 is 0 Å². The van der Waals surface area contributed by atoms with Crippen molar-refractivity contribution in [3.63, 3.8) is 0 Å². The zero-order chi connectivity index (χ0) is 19.7. The molecule has 1 aliphatic heterocycles. The largest absolute Gasteiger partial charge is 0.487 e. The molecule has 7 nitrogen and oxygen atoms in total. The maximum atomic E-state index is 13.3. The van der Waals surface area contributed by atoms with Crippen molar-refractivity contribution in [3.05, 3.63) is 72.1 Å². The van der Waals surface area contributed by atoms with Crippen LogP contribution in [0.25, 0.3) is 0 Å². The van der Waals surface area contributed by atoms with Gasteiger partial charge >= 0.3 is 0 Å². The van der Waals surface area contributed by atoms with Crippen LogP contribution < -0.4 is 4.74 Å². The van der Waals surface area contributed by atoms with Crippen LogP contribution in [0.3, 0.4) is 0 Å². The molecule has 0 amide bonds. The van der Waals surface area contributed by atoms with Crippen LogP contribution in [0.4, 0.5) is 8.78 Å². The first-order chi connectivity index (χ1) is 13.4. The molecule has 0 atom stereocenters. The van der Waals surface area contributed by atoms with Gasteiger partial charge in [0, 0.05) is 13.1 Å². The van der Waals surface area contributed by atoms with Gasteiger partial charge in [0.05, 0.1) is 17.1 Å². The number of ether oxygens (including phenoxy) is 1. The Bertz CT molecular complexity index is 1080. The normalized spacial score (nSPS) is 15.4. The fourth-order valence-electron chi connectivity index (χ4n) is 2.80. The molecular formula is C18H16F2N4O3S. The van der Waals surface area contributed by atoms with Gasteiger partial charge in [0.2, 0.25) is 10.0 Å². The number of hydrogen-bond donors (Lipinski definition) is 0. The third-order valence-corrected chi connectivity index (χ3v) is 6.22. The monoisotopic (exact) mass is 406 g/mol. The minimum Gasteiger partial charge on any atom is -0.487 e. The number of hydrogen-bond acceptors (Lipinski definition) is 5. The molecule has 0 unspecified atom stereocenters. The summed E-state index contributed by atoms with van der Waals surface area (Å²) < 4.78 is 59.6. The minimum absolute atomic E-state index is 0.0714.